The number of nitrogens with zero attached hydrogens (tertiary/aromatic N) is 1. The van der Waals surface area contributed by atoms with E-state index in [-0.39, 0.29) is 43.6 Å². The Bertz CT molecular complexity index is 4380. The molecule has 2 aromatic heterocycles. The highest BCUT2D eigenvalue weighted by molar-refractivity contribution is 7.80. The molecular formula is C74H90N16O16S2. The number of amides is 13. The number of aromatic hydroxyl groups is 1. The van der Waals surface area contributed by atoms with Crippen LogP contribution < -0.4 is 69.5 Å². The molecule has 32 nitrogen and oxygen atoms in total. The fourth-order valence-electron chi connectivity index (χ4n) is 11.5. The quantitative estimate of drug-likeness (QED) is 0.0219. The van der Waals surface area contributed by atoms with Gasteiger partial charge in [0.15, 0.2) is 0 Å². The minimum Gasteiger partial charge on any atom is -0.508 e. The Morgan fingerprint density at radius 1 is 0.491 bits per heavy atom. The maximum absolute atomic E-state index is 15.2. The molecule has 2 heterocycles. The van der Waals surface area contributed by atoms with Gasteiger partial charge in [0.2, 0.25) is 76.8 Å². The van der Waals surface area contributed by atoms with Gasteiger partial charge in [-0.2, -0.15) is 25.3 Å². The highest BCUT2D eigenvalue weighted by Gasteiger charge is 2.39. The molecule has 0 aliphatic heterocycles. The van der Waals surface area contributed by atoms with Crippen molar-refractivity contribution in [1.82, 2.24) is 78.8 Å². The number of aromatic nitrogens is 3. The minimum absolute atomic E-state index is 0.0268. The molecule has 18 N–H and O–H groups in total. The van der Waals surface area contributed by atoms with Crippen molar-refractivity contribution in [3.63, 3.8) is 0 Å². The molecule has 0 spiro atoms. The van der Waals surface area contributed by atoms with Crippen molar-refractivity contribution < 1.29 is 77.3 Å². The van der Waals surface area contributed by atoms with E-state index in [1.54, 1.807) is 92.8 Å². The van der Waals surface area contributed by atoms with E-state index in [0.717, 1.165) is 5.39 Å². The number of imidazole rings is 1. The number of hydrogen-bond acceptors (Lipinski definition) is 18. The molecule has 5 aromatic carbocycles. The number of H-pyrrole nitrogens is 2. The van der Waals surface area contributed by atoms with Crippen molar-refractivity contribution in [2.24, 2.45) is 11.7 Å². The van der Waals surface area contributed by atoms with Crippen LogP contribution in [0, 0.1) is 5.92 Å². The molecule has 0 saturated heterocycles. The van der Waals surface area contributed by atoms with E-state index in [1.165, 1.54) is 64.5 Å². The summed E-state index contributed by atoms with van der Waals surface area (Å²) < 4.78 is 0. The van der Waals surface area contributed by atoms with E-state index >= 15 is 9.59 Å². The highest BCUT2D eigenvalue weighted by Crippen LogP contribution is 2.23. The third-order valence-corrected chi connectivity index (χ3v) is 18.1. The zero-order valence-corrected chi connectivity index (χ0v) is 61.8. The van der Waals surface area contributed by atoms with Gasteiger partial charge in [0.05, 0.1) is 19.3 Å². The Kier molecular flexibility index (Phi) is 30.5. The molecule has 0 aliphatic carbocycles. The van der Waals surface area contributed by atoms with E-state index < -0.39 is 173 Å². The van der Waals surface area contributed by atoms with Crippen LogP contribution in [-0.2, 0) is 99.2 Å². The van der Waals surface area contributed by atoms with Crippen LogP contribution in [0.4, 0.5) is 0 Å². The SMILES string of the molecule is CC(=O)N[C@@H](CS)C(=O)N[C@@H](C)C(=O)N[C@@H](CC(=O)O)C(=O)N[C@@H](Cc1c[nH]c2ccccc12)C(=O)N[C@H](C(=O)N[C@@H](CS)C(=O)N[C@@H](Cc1ccc(O)cc1)C(=O)N[C@@H](Cc1cccc2ccccc12)C(=O)N[C@@H](Cc1cnc[nH]1)C(=O)NC(C)(C)C(=O)N[C@H](Cc1ccccc1)C(=O)NCC(N)=O)C(C)C. The van der Waals surface area contributed by atoms with Crippen LogP contribution in [0.3, 0.4) is 0 Å². The van der Waals surface area contributed by atoms with Crippen molar-refractivity contribution in [3.05, 3.63) is 168 Å². The number of para-hydroxylation sites is 1. The number of aromatic amines is 2. The fourth-order valence-corrected chi connectivity index (χ4v) is 12.0. The third-order valence-electron chi connectivity index (χ3n) is 17.3. The zero-order chi connectivity index (χ0) is 78.9. The molecule has 13 amide bonds. The van der Waals surface area contributed by atoms with Crippen LogP contribution in [0.5, 0.6) is 5.75 Å². The molecule has 0 saturated carbocycles. The number of fused-ring (bicyclic) bond motifs is 2. The lowest BCUT2D eigenvalue weighted by Crippen LogP contribution is -2.63. The second-order valence-electron chi connectivity index (χ2n) is 26.6. The summed E-state index contributed by atoms with van der Waals surface area (Å²) in [5, 5.41) is 53.2. The molecule has 0 unspecified atom stereocenters. The molecule has 0 bridgehead atoms. The molecule has 10 atom stereocenters. The number of carbonyl (C=O) groups excluding carboxylic acids is 13. The number of carboxylic acid groups (broad SMARTS) is 1. The minimum atomic E-state index is -1.85. The molecule has 0 aliphatic rings. The summed E-state index contributed by atoms with van der Waals surface area (Å²) in [6, 6.07) is 18.8. The van der Waals surface area contributed by atoms with E-state index in [9.17, 15) is 67.7 Å². The highest BCUT2D eigenvalue weighted by atomic mass is 32.1. The van der Waals surface area contributed by atoms with Crippen molar-refractivity contribution in [2.45, 2.75) is 146 Å². The van der Waals surface area contributed by atoms with Gasteiger partial charge in [0.1, 0.15) is 71.7 Å². The number of phenols is 1. The molecule has 108 heavy (non-hydrogen) atoms. The Morgan fingerprint density at radius 3 is 1.58 bits per heavy atom. The van der Waals surface area contributed by atoms with Gasteiger partial charge < -0.3 is 89.7 Å². The summed E-state index contributed by atoms with van der Waals surface area (Å²) in [5.41, 5.74) is 6.58. The molecule has 0 radical (unpaired) electrons. The second kappa shape index (κ2) is 39.5. The average Bonchev–Trinajstić information content (AvgIpc) is 1.69. The number of phenolic OH excluding ortho intramolecular Hbond substituents is 1. The summed E-state index contributed by atoms with van der Waals surface area (Å²) >= 11 is 8.49. The first kappa shape index (κ1) is 83.5. The number of aliphatic carboxylic acids is 1. The van der Waals surface area contributed by atoms with Crippen LogP contribution in [0.15, 0.2) is 140 Å². The molecule has 34 heteroatoms. The monoisotopic (exact) mass is 1520 g/mol. The normalized spacial score (nSPS) is 14.0. The largest absolute Gasteiger partial charge is 0.508 e. The lowest BCUT2D eigenvalue weighted by molar-refractivity contribution is -0.141. The van der Waals surface area contributed by atoms with Gasteiger partial charge in [-0.25, -0.2) is 4.98 Å². The van der Waals surface area contributed by atoms with Gasteiger partial charge in [0, 0.05) is 79.5 Å². The van der Waals surface area contributed by atoms with Crippen LogP contribution in [0.2, 0.25) is 0 Å². The lowest BCUT2D eigenvalue weighted by Gasteiger charge is -2.31. The van der Waals surface area contributed by atoms with E-state index in [1.807, 2.05) is 24.3 Å². The summed E-state index contributed by atoms with van der Waals surface area (Å²) in [6.07, 6.45) is 2.24. The Morgan fingerprint density at radius 2 is 0.991 bits per heavy atom. The first-order valence-corrected chi connectivity index (χ1v) is 35.7. The van der Waals surface area contributed by atoms with Gasteiger partial charge in [-0.15, -0.1) is 0 Å². The summed E-state index contributed by atoms with van der Waals surface area (Å²) in [7, 11) is 0. The van der Waals surface area contributed by atoms with Crippen LogP contribution in [0.1, 0.15) is 75.9 Å². The third kappa shape index (κ3) is 24.6. The Balaban J connectivity index is 1.14. The van der Waals surface area contributed by atoms with Crippen molar-refractivity contribution in [1.29, 1.82) is 0 Å². The summed E-state index contributed by atoms with van der Waals surface area (Å²) in [5.74, 6) is -14.6. The number of rotatable bonds is 39. The number of nitrogens with two attached hydrogens (primary N) is 1. The van der Waals surface area contributed by atoms with Gasteiger partial charge in [0.25, 0.3) is 0 Å². The number of carboxylic acids is 1. The number of benzene rings is 5. The molecule has 574 valence electrons. The standard InChI is InChI=1S/C74H90N16O16S2/c1-39(2)62(89-68(101)55(30-46-33-77-51-22-13-12-21-50(46)51)85-67(100)57(32-61(94)95)82-63(96)40(3)80-69(102)58(36-107)81-41(4)91)72(105)87-59(37-108)70(103)83-53(28-43-23-25-48(92)26-24-43)65(98)84-54(29-45-19-14-18-44-17-10-11-20-49(44)45)66(99)86-56(31-47-34-76-38-79-47)71(104)90-74(5,6)73(106)88-52(64(97)78-35-60(75)93)27-42-15-8-7-9-16-42/h7-26,33-34,38-40,52-59,62,77,92,107-108H,27-32,35-37H2,1-6H3,(H2,75,93)(H,76,79)(H,78,97)(H,80,102)(H,81,91)(H,82,96)(H,83,103)(H,84,98)(H,85,100)(H,86,99)(H,87,105)(H,88,106)(H,89,101)(H,90,104)(H,94,95)/t40-,52+,53-,54-,55-,56-,57-,58-,59-,62-/m0/s1. The van der Waals surface area contributed by atoms with Crippen molar-refractivity contribution in [3.8, 4) is 5.75 Å². The van der Waals surface area contributed by atoms with Crippen LogP contribution >= 0.6 is 25.3 Å². The number of carbonyl (C=O) groups is 14. The van der Waals surface area contributed by atoms with Gasteiger partial charge in [-0.1, -0.05) is 117 Å². The van der Waals surface area contributed by atoms with Gasteiger partial charge in [-0.05, 0) is 77.9 Å². The van der Waals surface area contributed by atoms with Crippen molar-refractivity contribution in [2.75, 3.05) is 18.1 Å². The topological polar surface area (TPSA) is 494 Å². The Hall–Kier alpha value is -11.8. The predicted molar refractivity (Wildman–Crippen MR) is 404 cm³/mol. The summed E-state index contributed by atoms with van der Waals surface area (Å²) in [4.78, 5) is 203. The molecule has 0 fully saturated rings. The second-order valence-corrected chi connectivity index (χ2v) is 27.3. The van der Waals surface area contributed by atoms with Gasteiger partial charge in [-0.3, -0.25) is 67.1 Å². The molecule has 7 aromatic rings. The molecular weight excluding hydrogens is 1430 g/mol. The van der Waals surface area contributed by atoms with E-state index in [4.69, 9.17) is 5.73 Å². The number of hydrogen-bond donors (Lipinski definition) is 19. The maximum atomic E-state index is 15.2. The number of primary amides is 1. The first-order valence-electron chi connectivity index (χ1n) is 34.5. The Labute approximate surface area is 632 Å². The van der Waals surface area contributed by atoms with Gasteiger partial charge >= 0.3 is 5.97 Å². The first-order chi connectivity index (χ1) is 51.3. The average molecular weight is 1520 g/mol. The summed E-state index contributed by atoms with van der Waals surface area (Å²) in [6.45, 7) is 7.76. The van der Waals surface area contributed by atoms with Crippen LogP contribution in [-0.4, -0.2) is 192 Å². The maximum Gasteiger partial charge on any atom is 0.305 e. The number of thiol groups is 2. The smallest absolute Gasteiger partial charge is 0.305 e. The fraction of sp³-hybridized carbons (Fsp3) is 0.365. The van der Waals surface area contributed by atoms with Crippen LogP contribution in [0.25, 0.3) is 21.7 Å². The van der Waals surface area contributed by atoms with E-state index in [0.29, 0.717) is 44.2 Å². The van der Waals surface area contributed by atoms with E-state index in [2.05, 4.69) is 104 Å². The van der Waals surface area contributed by atoms with Crippen molar-refractivity contribution >= 4 is 130 Å². The number of nitrogens with one attached hydrogen (secondary N) is 14. The predicted octanol–water partition coefficient (Wildman–Crippen LogP) is -0.363. The lowest BCUT2D eigenvalue weighted by atomic mass is 9.97. The molecule has 7 rings (SSSR count). The zero-order valence-electron chi connectivity index (χ0n) is 60.0.